The molecule has 0 saturated heterocycles. The van der Waals surface area contributed by atoms with Crippen molar-refractivity contribution in [3.8, 4) is 5.75 Å². The van der Waals surface area contributed by atoms with Gasteiger partial charge >= 0.3 is 0 Å². The lowest BCUT2D eigenvalue weighted by atomic mass is 9.86. The molecule has 29 heavy (non-hydrogen) atoms. The van der Waals surface area contributed by atoms with Gasteiger partial charge in [-0.05, 0) is 52.4 Å². The van der Waals surface area contributed by atoms with Crippen LogP contribution in [0.3, 0.4) is 0 Å². The number of anilines is 1. The molecule has 0 amide bonds. The Balaban J connectivity index is 1.69. The van der Waals surface area contributed by atoms with E-state index < -0.39 is 0 Å². The minimum atomic E-state index is 0.0978. The summed E-state index contributed by atoms with van der Waals surface area (Å²) in [6, 6.07) is 27.7. The molecule has 1 unspecified atom stereocenters. The van der Waals surface area contributed by atoms with E-state index in [9.17, 15) is 0 Å². The van der Waals surface area contributed by atoms with Crippen LogP contribution in [0.5, 0.6) is 5.75 Å². The first-order valence-electron chi connectivity index (χ1n) is 10.0. The van der Waals surface area contributed by atoms with Crippen LogP contribution in [0.4, 0.5) is 5.69 Å². The molecule has 0 spiro atoms. The Morgan fingerprint density at radius 1 is 0.828 bits per heavy atom. The molecule has 3 aromatic carbocycles. The Kier molecular flexibility index (Phi) is 5.06. The van der Waals surface area contributed by atoms with Crippen LogP contribution in [0.15, 0.2) is 84.9 Å². The number of nitrogens with zero attached hydrogens (tertiary/aromatic N) is 1. The predicted octanol–water partition coefficient (Wildman–Crippen LogP) is 6.10. The first-order valence-corrected chi connectivity index (χ1v) is 10.0. The van der Waals surface area contributed by atoms with Crippen molar-refractivity contribution in [3.63, 3.8) is 0 Å². The molecule has 0 fully saturated rings. The van der Waals surface area contributed by atoms with E-state index in [4.69, 9.17) is 4.74 Å². The molecule has 3 aromatic rings. The van der Waals surface area contributed by atoms with Gasteiger partial charge in [-0.15, -0.1) is 0 Å². The maximum absolute atomic E-state index is 5.33. The van der Waals surface area contributed by atoms with Crippen LogP contribution in [0.25, 0.3) is 5.70 Å². The van der Waals surface area contributed by atoms with Gasteiger partial charge in [0.1, 0.15) is 5.75 Å². The van der Waals surface area contributed by atoms with Gasteiger partial charge in [-0.25, -0.2) is 0 Å². The van der Waals surface area contributed by atoms with E-state index in [0.29, 0.717) is 0 Å². The molecule has 0 radical (unpaired) electrons. The first-order chi connectivity index (χ1) is 14.0. The van der Waals surface area contributed by atoms with Gasteiger partial charge in [0.2, 0.25) is 0 Å². The molecular weight excluding hydrogens is 356 g/mol. The smallest absolute Gasteiger partial charge is 0.118 e. The molecule has 1 aliphatic heterocycles. The number of nitrogens with one attached hydrogen (secondary N) is 1. The molecule has 3 nitrogen and oxygen atoms in total. The molecule has 1 atom stereocenters. The first kappa shape index (κ1) is 19.1. The summed E-state index contributed by atoms with van der Waals surface area (Å²) in [6.45, 7) is 6.73. The number of para-hydroxylation sites is 1. The van der Waals surface area contributed by atoms with Crippen LogP contribution in [-0.2, 0) is 5.41 Å². The molecule has 4 rings (SSSR count). The van der Waals surface area contributed by atoms with E-state index in [1.807, 2.05) is 18.2 Å². The molecule has 3 heteroatoms. The normalized spacial score (nSPS) is 16.3. The van der Waals surface area contributed by atoms with Gasteiger partial charge in [-0.2, -0.15) is 0 Å². The largest absolute Gasteiger partial charge is 0.497 e. The molecule has 0 aliphatic carbocycles. The Morgan fingerprint density at radius 2 is 1.48 bits per heavy atom. The zero-order valence-corrected chi connectivity index (χ0v) is 17.5. The molecular formula is C26H28N2O. The zero-order chi connectivity index (χ0) is 20.4. The number of rotatable bonds is 4. The Labute approximate surface area is 173 Å². The van der Waals surface area contributed by atoms with Crippen molar-refractivity contribution < 1.29 is 4.74 Å². The van der Waals surface area contributed by atoms with Gasteiger partial charge in [0.25, 0.3) is 0 Å². The molecule has 148 valence electrons. The molecule has 0 aromatic heterocycles. The SMILES string of the molecule is COc1ccc(C2C=C(c3ccc(C(C)(C)C)cc3)NN2c2ccccc2)cc1. The summed E-state index contributed by atoms with van der Waals surface area (Å²) < 4.78 is 5.33. The lowest BCUT2D eigenvalue weighted by Crippen LogP contribution is -2.33. The lowest BCUT2D eigenvalue weighted by Gasteiger charge is -2.28. The van der Waals surface area contributed by atoms with Crippen LogP contribution in [0.1, 0.15) is 43.5 Å². The summed E-state index contributed by atoms with van der Waals surface area (Å²) in [5, 5.41) is 2.22. The predicted molar refractivity (Wildman–Crippen MR) is 121 cm³/mol. The standard InChI is InChI=1S/C26H28N2O/c1-26(2,3)21-14-10-19(11-15-21)24-18-25(20-12-16-23(29-4)17-13-20)28(27-24)22-8-6-5-7-9-22/h5-18,25,27H,1-4H3. The minimum Gasteiger partial charge on any atom is -0.497 e. The van der Waals surface area contributed by atoms with Gasteiger partial charge in [-0.1, -0.05) is 75.4 Å². The van der Waals surface area contributed by atoms with Gasteiger partial charge in [0.15, 0.2) is 0 Å². The fourth-order valence-electron chi connectivity index (χ4n) is 3.64. The second kappa shape index (κ2) is 7.67. The minimum absolute atomic E-state index is 0.0978. The molecule has 0 bridgehead atoms. The van der Waals surface area contributed by atoms with E-state index >= 15 is 0 Å². The highest BCUT2D eigenvalue weighted by Crippen LogP contribution is 2.36. The average Bonchev–Trinajstić information content (AvgIpc) is 3.19. The number of hydrogen-bond acceptors (Lipinski definition) is 3. The van der Waals surface area contributed by atoms with Crippen molar-refractivity contribution in [3.05, 3.63) is 102 Å². The Hall–Kier alpha value is -3.20. The monoisotopic (exact) mass is 384 g/mol. The Bertz CT molecular complexity index is 984. The van der Waals surface area contributed by atoms with Gasteiger partial charge in [0, 0.05) is 0 Å². The molecule has 1 N–H and O–H groups in total. The van der Waals surface area contributed by atoms with Crippen LogP contribution >= 0.6 is 0 Å². The molecule has 1 heterocycles. The van der Waals surface area contributed by atoms with Crippen molar-refractivity contribution in [1.82, 2.24) is 5.43 Å². The average molecular weight is 385 g/mol. The highest BCUT2D eigenvalue weighted by Gasteiger charge is 2.27. The van der Waals surface area contributed by atoms with E-state index in [0.717, 1.165) is 17.1 Å². The van der Waals surface area contributed by atoms with Crippen molar-refractivity contribution in [2.45, 2.75) is 32.2 Å². The highest BCUT2D eigenvalue weighted by molar-refractivity contribution is 5.72. The van der Waals surface area contributed by atoms with E-state index in [1.165, 1.54) is 16.7 Å². The molecule has 0 saturated carbocycles. The van der Waals surface area contributed by atoms with Crippen LogP contribution in [0.2, 0.25) is 0 Å². The van der Waals surface area contributed by atoms with Crippen molar-refractivity contribution >= 4 is 11.4 Å². The van der Waals surface area contributed by atoms with Gasteiger partial charge in [-0.3, -0.25) is 10.4 Å². The maximum atomic E-state index is 5.33. The zero-order valence-electron chi connectivity index (χ0n) is 17.5. The second-order valence-electron chi connectivity index (χ2n) is 8.44. The summed E-state index contributed by atoms with van der Waals surface area (Å²) in [7, 11) is 1.70. The number of hydrazine groups is 1. The number of benzene rings is 3. The highest BCUT2D eigenvalue weighted by atomic mass is 16.5. The summed E-state index contributed by atoms with van der Waals surface area (Å²) in [5.74, 6) is 0.868. The van der Waals surface area contributed by atoms with E-state index in [-0.39, 0.29) is 11.5 Å². The fourth-order valence-corrected chi connectivity index (χ4v) is 3.64. The van der Waals surface area contributed by atoms with E-state index in [1.54, 1.807) is 7.11 Å². The summed E-state index contributed by atoms with van der Waals surface area (Å²) in [5.41, 5.74) is 9.76. The summed E-state index contributed by atoms with van der Waals surface area (Å²) in [4.78, 5) is 0. The number of hydrogen-bond donors (Lipinski definition) is 1. The maximum Gasteiger partial charge on any atom is 0.118 e. The molecule has 1 aliphatic rings. The second-order valence-corrected chi connectivity index (χ2v) is 8.44. The number of ether oxygens (including phenoxy) is 1. The van der Waals surface area contributed by atoms with Crippen molar-refractivity contribution in [2.24, 2.45) is 0 Å². The van der Waals surface area contributed by atoms with Gasteiger partial charge < -0.3 is 4.74 Å². The van der Waals surface area contributed by atoms with Gasteiger partial charge in [0.05, 0.1) is 24.5 Å². The van der Waals surface area contributed by atoms with Crippen LogP contribution < -0.4 is 15.2 Å². The number of methoxy groups -OCH3 is 1. The summed E-state index contributed by atoms with van der Waals surface area (Å²) in [6.07, 6.45) is 2.29. The lowest BCUT2D eigenvalue weighted by molar-refractivity contribution is 0.414. The van der Waals surface area contributed by atoms with E-state index in [2.05, 4.69) is 97.9 Å². The van der Waals surface area contributed by atoms with Crippen LogP contribution in [0, 0.1) is 0 Å². The third kappa shape index (κ3) is 4.00. The fraction of sp³-hybridized carbons (Fsp3) is 0.231. The van der Waals surface area contributed by atoms with Crippen LogP contribution in [-0.4, -0.2) is 7.11 Å². The van der Waals surface area contributed by atoms with Crippen molar-refractivity contribution in [1.29, 1.82) is 0 Å². The Morgan fingerprint density at radius 3 is 2.07 bits per heavy atom. The quantitative estimate of drug-likeness (QED) is 0.588. The third-order valence-corrected chi connectivity index (χ3v) is 5.40. The topological polar surface area (TPSA) is 24.5 Å². The third-order valence-electron chi connectivity index (χ3n) is 5.40. The van der Waals surface area contributed by atoms with Crippen molar-refractivity contribution in [2.75, 3.05) is 12.1 Å². The summed E-state index contributed by atoms with van der Waals surface area (Å²) >= 11 is 0.